The van der Waals surface area contributed by atoms with E-state index in [0.29, 0.717) is 5.92 Å². The quantitative estimate of drug-likeness (QED) is 0.903. The van der Waals surface area contributed by atoms with E-state index in [0.717, 1.165) is 25.7 Å². The molecule has 0 radical (unpaired) electrons. The minimum atomic E-state index is -3.02. The van der Waals surface area contributed by atoms with E-state index >= 15 is 0 Å². The van der Waals surface area contributed by atoms with Crippen LogP contribution in [0.25, 0.3) is 0 Å². The third-order valence-corrected chi connectivity index (χ3v) is 4.08. The highest BCUT2D eigenvalue weighted by atomic mass is 19.3. The summed E-state index contributed by atoms with van der Waals surface area (Å²) in [5.74, 6) is -0.137. The van der Waals surface area contributed by atoms with Crippen LogP contribution in [-0.2, 0) is 0 Å². The number of amides is 1. The first-order chi connectivity index (χ1) is 10.5. The van der Waals surface area contributed by atoms with Gasteiger partial charge in [-0.25, -0.2) is 0 Å². The second-order valence-corrected chi connectivity index (χ2v) is 5.56. The number of benzene rings is 1. The number of rotatable bonds is 5. The molecule has 1 amide bonds. The summed E-state index contributed by atoms with van der Waals surface area (Å²) >= 11 is 0. The number of carbonyl (C=O) groups excluding carboxylic acids is 1. The second-order valence-electron chi connectivity index (χ2n) is 5.56. The minimum Gasteiger partial charge on any atom is -0.493 e. The Balaban J connectivity index is 2.21. The Hall–Kier alpha value is -1.85. The number of methoxy groups -OCH3 is 1. The predicted molar refractivity (Wildman–Crippen MR) is 78.5 cm³/mol. The lowest BCUT2D eigenvalue weighted by molar-refractivity contribution is -0.0515. The van der Waals surface area contributed by atoms with Gasteiger partial charge in [-0.3, -0.25) is 4.79 Å². The summed E-state index contributed by atoms with van der Waals surface area (Å²) in [5, 5.41) is 2.93. The van der Waals surface area contributed by atoms with Crippen molar-refractivity contribution in [1.29, 1.82) is 0 Å². The van der Waals surface area contributed by atoms with Gasteiger partial charge in [0.1, 0.15) is 0 Å². The van der Waals surface area contributed by atoms with Crippen molar-refractivity contribution in [1.82, 2.24) is 5.32 Å². The van der Waals surface area contributed by atoms with E-state index in [-0.39, 0.29) is 23.1 Å². The van der Waals surface area contributed by atoms with Gasteiger partial charge < -0.3 is 14.8 Å². The van der Waals surface area contributed by atoms with Gasteiger partial charge in [0.25, 0.3) is 5.91 Å². The van der Waals surface area contributed by atoms with Gasteiger partial charge in [0, 0.05) is 6.04 Å². The van der Waals surface area contributed by atoms with E-state index in [4.69, 9.17) is 4.74 Å². The van der Waals surface area contributed by atoms with Gasteiger partial charge in [-0.15, -0.1) is 0 Å². The normalized spacial score (nSPS) is 21.5. The molecule has 1 aliphatic carbocycles. The van der Waals surface area contributed by atoms with Crippen LogP contribution in [0.5, 0.6) is 11.5 Å². The van der Waals surface area contributed by atoms with Crippen LogP contribution in [0.3, 0.4) is 0 Å². The molecule has 2 rings (SSSR count). The van der Waals surface area contributed by atoms with Gasteiger partial charge in [0.15, 0.2) is 11.5 Å². The summed E-state index contributed by atoms with van der Waals surface area (Å²) in [6.45, 7) is -0.928. The van der Waals surface area contributed by atoms with Gasteiger partial charge in [-0.1, -0.05) is 25.8 Å². The molecule has 1 aromatic carbocycles. The summed E-state index contributed by atoms with van der Waals surface area (Å²) in [6, 6.07) is 4.59. The molecule has 122 valence electrons. The standard InChI is InChI=1S/C16H21F2NO3/c1-10-6-3-4-8-12(10)19-15(20)11-7-5-9-13(21-2)14(11)22-16(17)18/h5,7,9-10,12,16H,3-4,6,8H2,1-2H3,(H,19,20). The van der Waals surface area contributed by atoms with Gasteiger partial charge in [0.2, 0.25) is 0 Å². The highest BCUT2D eigenvalue weighted by Gasteiger charge is 2.26. The van der Waals surface area contributed by atoms with Crippen LogP contribution in [0.1, 0.15) is 43.0 Å². The number of para-hydroxylation sites is 1. The van der Waals surface area contributed by atoms with Gasteiger partial charge in [0.05, 0.1) is 12.7 Å². The average Bonchev–Trinajstić information content (AvgIpc) is 2.49. The Morgan fingerprint density at radius 2 is 2.05 bits per heavy atom. The molecule has 0 aliphatic heterocycles. The molecule has 2 unspecified atom stereocenters. The van der Waals surface area contributed by atoms with Crippen LogP contribution in [0.4, 0.5) is 8.78 Å². The van der Waals surface area contributed by atoms with E-state index in [1.54, 1.807) is 6.07 Å². The maximum atomic E-state index is 12.6. The smallest absolute Gasteiger partial charge is 0.387 e. The fourth-order valence-corrected chi connectivity index (χ4v) is 2.84. The molecule has 2 atom stereocenters. The SMILES string of the molecule is COc1cccc(C(=O)NC2CCCCC2C)c1OC(F)F. The molecule has 1 saturated carbocycles. The number of hydrogen-bond acceptors (Lipinski definition) is 3. The molecule has 0 spiro atoms. The van der Waals surface area contributed by atoms with Gasteiger partial charge in [-0.05, 0) is 30.9 Å². The monoisotopic (exact) mass is 313 g/mol. The first kappa shape index (κ1) is 16.5. The number of halogens is 2. The number of nitrogens with one attached hydrogen (secondary N) is 1. The van der Waals surface area contributed by atoms with E-state index < -0.39 is 12.5 Å². The lowest BCUT2D eigenvalue weighted by Crippen LogP contribution is -2.41. The fourth-order valence-electron chi connectivity index (χ4n) is 2.84. The van der Waals surface area contributed by atoms with Crippen molar-refractivity contribution in [2.24, 2.45) is 5.92 Å². The first-order valence-electron chi connectivity index (χ1n) is 7.45. The van der Waals surface area contributed by atoms with Crippen LogP contribution >= 0.6 is 0 Å². The maximum absolute atomic E-state index is 12.6. The molecule has 1 fully saturated rings. The second kappa shape index (κ2) is 7.42. The average molecular weight is 313 g/mol. The van der Waals surface area contributed by atoms with E-state index in [1.807, 2.05) is 0 Å². The molecule has 1 aromatic rings. The maximum Gasteiger partial charge on any atom is 0.387 e. The summed E-state index contributed by atoms with van der Waals surface area (Å²) < 4.78 is 34.7. The first-order valence-corrected chi connectivity index (χ1v) is 7.45. The predicted octanol–water partition coefficient (Wildman–Crippen LogP) is 3.61. The Morgan fingerprint density at radius 1 is 1.32 bits per heavy atom. The Kier molecular flexibility index (Phi) is 5.57. The van der Waals surface area contributed by atoms with E-state index in [1.165, 1.54) is 19.2 Å². The van der Waals surface area contributed by atoms with Crippen molar-refractivity contribution in [2.75, 3.05) is 7.11 Å². The van der Waals surface area contributed by atoms with Crippen LogP contribution < -0.4 is 14.8 Å². The summed E-state index contributed by atoms with van der Waals surface area (Å²) in [7, 11) is 1.35. The lowest BCUT2D eigenvalue weighted by Gasteiger charge is -2.29. The van der Waals surface area contributed by atoms with Crippen molar-refractivity contribution in [2.45, 2.75) is 45.3 Å². The van der Waals surface area contributed by atoms with E-state index in [2.05, 4.69) is 17.0 Å². The fraction of sp³-hybridized carbons (Fsp3) is 0.562. The molecule has 0 bridgehead atoms. The summed E-state index contributed by atoms with van der Waals surface area (Å²) in [6.07, 6.45) is 4.19. The highest BCUT2D eigenvalue weighted by Crippen LogP contribution is 2.33. The molecule has 22 heavy (non-hydrogen) atoms. The zero-order valence-corrected chi connectivity index (χ0v) is 12.8. The third-order valence-electron chi connectivity index (χ3n) is 4.08. The lowest BCUT2D eigenvalue weighted by atomic mass is 9.86. The molecule has 1 N–H and O–H groups in total. The molecule has 0 saturated heterocycles. The van der Waals surface area contributed by atoms with Gasteiger partial charge >= 0.3 is 6.61 Å². The molecule has 0 aromatic heterocycles. The zero-order valence-electron chi connectivity index (χ0n) is 12.8. The Bertz CT molecular complexity index is 522. The van der Waals surface area contributed by atoms with Crippen molar-refractivity contribution >= 4 is 5.91 Å². The molecule has 6 heteroatoms. The number of ether oxygens (including phenoxy) is 2. The Morgan fingerprint density at radius 3 is 2.68 bits per heavy atom. The van der Waals surface area contributed by atoms with Crippen LogP contribution in [0, 0.1) is 5.92 Å². The Labute approximate surface area is 128 Å². The summed E-state index contributed by atoms with van der Waals surface area (Å²) in [5.41, 5.74) is 0.0671. The largest absolute Gasteiger partial charge is 0.493 e. The highest BCUT2D eigenvalue weighted by molar-refractivity contribution is 5.98. The van der Waals surface area contributed by atoms with Crippen molar-refractivity contribution < 1.29 is 23.0 Å². The third kappa shape index (κ3) is 3.87. The number of alkyl halides is 2. The number of hydrogen-bond donors (Lipinski definition) is 1. The van der Waals surface area contributed by atoms with Crippen molar-refractivity contribution in [3.63, 3.8) is 0 Å². The van der Waals surface area contributed by atoms with Crippen molar-refractivity contribution in [3.8, 4) is 11.5 Å². The van der Waals surface area contributed by atoms with Crippen LogP contribution in [0.15, 0.2) is 18.2 Å². The minimum absolute atomic E-state index is 0.0619. The van der Waals surface area contributed by atoms with Gasteiger partial charge in [-0.2, -0.15) is 8.78 Å². The molecular formula is C16H21F2NO3. The van der Waals surface area contributed by atoms with Crippen LogP contribution in [0.2, 0.25) is 0 Å². The molecule has 1 aliphatic rings. The van der Waals surface area contributed by atoms with E-state index in [9.17, 15) is 13.6 Å². The summed E-state index contributed by atoms with van der Waals surface area (Å²) in [4.78, 5) is 12.4. The van der Waals surface area contributed by atoms with Crippen molar-refractivity contribution in [3.05, 3.63) is 23.8 Å². The topological polar surface area (TPSA) is 47.6 Å². The molecular weight excluding hydrogens is 292 g/mol. The molecule has 4 nitrogen and oxygen atoms in total. The number of carbonyl (C=O) groups is 1. The molecule has 0 heterocycles. The zero-order chi connectivity index (χ0) is 16.1. The van der Waals surface area contributed by atoms with Crippen LogP contribution in [-0.4, -0.2) is 25.7 Å².